The van der Waals surface area contributed by atoms with Crippen molar-refractivity contribution in [3.05, 3.63) is 0 Å². The van der Waals surface area contributed by atoms with Gasteiger partial charge in [0.2, 0.25) is 0 Å². The molecule has 104 valence electrons. The summed E-state index contributed by atoms with van der Waals surface area (Å²) in [4.78, 5) is 0. The zero-order valence-electron chi connectivity index (χ0n) is 11.9. The van der Waals surface area contributed by atoms with Gasteiger partial charge in [-0.1, -0.05) is 0 Å². The van der Waals surface area contributed by atoms with E-state index < -0.39 is 0 Å². The molecule has 1 saturated carbocycles. The van der Waals surface area contributed by atoms with Crippen LogP contribution in [0.1, 0.15) is 40.5 Å². The van der Waals surface area contributed by atoms with Crippen molar-refractivity contribution < 1.29 is 9.31 Å². The van der Waals surface area contributed by atoms with Crippen LogP contribution in [-0.2, 0) is 9.31 Å². The second kappa shape index (κ2) is 4.66. The highest BCUT2D eigenvalue weighted by molar-refractivity contribution is 6.47. The lowest BCUT2D eigenvalue weighted by Gasteiger charge is -2.32. The molecule has 0 bridgehead atoms. The third-order valence-electron chi connectivity index (χ3n) is 5.16. The summed E-state index contributed by atoms with van der Waals surface area (Å²) in [6, 6.07) is 0. The molecule has 0 spiro atoms. The molecular weight excluding hydrogens is 248 g/mol. The molecule has 5 heteroatoms. The van der Waals surface area contributed by atoms with Crippen LogP contribution in [-0.4, -0.2) is 31.4 Å². The largest absolute Gasteiger partial charge is 0.462 e. The molecule has 2 atom stereocenters. The highest BCUT2D eigenvalue weighted by Gasteiger charge is 2.57. The molecule has 2 heterocycles. The molecule has 3 aliphatic rings. The molecular formula is C13H25BClNO2. The molecule has 0 aromatic heterocycles. The SMILES string of the molecule is CC1(C)OB(C2CNCC2C2CC2)OC1(C)C.Cl. The summed E-state index contributed by atoms with van der Waals surface area (Å²) in [6.45, 7) is 10.8. The Balaban J connectivity index is 0.00000120. The van der Waals surface area contributed by atoms with E-state index in [1.807, 2.05) is 0 Å². The van der Waals surface area contributed by atoms with Crippen LogP contribution >= 0.6 is 12.4 Å². The molecule has 0 amide bonds. The predicted octanol–water partition coefficient (Wildman–Crippen LogP) is 2.50. The molecule has 1 N–H and O–H groups in total. The van der Waals surface area contributed by atoms with Crippen LogP contribution < -0.4 is 5.32 Å². The van der Waals surface area contributed by atoms with Gasteiger partial charge in [-0.2, -0.15) is 0 Å². The number of halogens is 1. The van der Waals surface area contributed by atoms with Crippen molar-refractivity contribution in [1.29, 1.82) is 0 Å². The number of hydrogen-bond donors (Lipinski definition) is 1. The number of nitrogens with one attached hydrogen (secondary N) is 1. The second-order valence-corrected chi connectivity index (χ2v) is 6.95. The Bertz CT molecular complexity index is 304. The zero-order valence-corrected chi connectivity index (χ0v) is 12.7. The first-order valence-electron chi connectivity index (χ1n) is 6.97. The molecule has 1 aliphatic carbocycles. The van der Waals surface area contributed by atoms with Gasteiger partial charge in [0, 0.05) is 5.82 Å². The van der Waals surface area contributed by atoms with Crippen molar-refractivity contribution in [2.45, 2.75) is 57.6 Å². The van der Waals surface area contributed by atoms with Crippen LogP contribution in [0, 0.1) is 11.8 Å². The average Bonchev–Trinajstić information content (AvgIpc) is 2.88. The Kier molecular flexibility index (Phi) is 3.79. The topological polar surface area (TPSA) is 30.5 Å². The smallest absolute Gasteiger partial charge is 0.403 e. The average molecular weight is 274 g/mol. The molecule has 3 nitrogen and oxygen atoms in total. The van der Waals surface area contributed by atoms with Crippen LogP contribution in [0.3, 0.4) is 0 Å². The fraction of sp³-hybridized carbons (Fsp3) is 1.00. The monoisotopic (exact) mass is 273 g/mol. The van der Waals surface area contributed by atoms with Crippen LogP contribution in [0.4, 0.5) is 0 Å². The summed E-state index contributed by atoms with van der Waals surface area (Å²) >= 11 is 0. The minimum absolute atomic E-state index is 0. The van der Waals surface area contributed by atoms with Crippen LogP contribution in [0.15, 0.2) is 0 Å². The Morgan fingerprint density at radius 3 is 2.06 bits per heavy atom. The van der Waals surface area contributed by atoms with Crippen LogP contribution in [0.25, 0.3) is 0 Å². The van der Waals surface area contributed by atoms with E-state index in [0.717, 1.165) is 24.9 Å². The fourth-order valence-electron chi connectivity index (χ4n) is 3.12. The Morgan fingerprint density at radius 2 is 1.56 bits per heavy atom. The van der Waals surface area contributed by atoms with E-state index in [1.165, 1.54) is 12.8 Å². The second-order valence-electron chi connectivity index (χ2n) is 6.95. The standard InChI is InChI=1S/C13H24BNO2.ClH/c1-12(2)13(3,4)17-14(16-12)11-8-15-7-10(11)9-5-6-9;/h9-11,15H,5-8H2,1-4H3;1H. The van der Waals surface area contributed by atoms with Gasteiger partial charge in [-0.05, 0) is 65.5 Å². The molecule has 0 radical (unpaired) electrons. The molecule has 2 aliphatic heterocycles. The van der Waals surface area contributed by atoms with E-state index in [0.29, 0.717) is 5.82 Å². The third-order valence-corrected chi connectivity index (χ3v) is 5.16. The lowest BCUT2D eigenvalue weighted by molar-refractivity contribution is 0.00578. The highest BCUT2D eigenvalue weighted by atomic mass is 35.5. The van der Waals surface area contributed by atoms with Gasteiger partial charge in [-0.25, -0.2) is 0 Å². The summed E-state index contributed by atoms with van der Waals surface area (Å²) in [5.41, 5.74) is -0.372. The van der Waals surface area contributed by atoms with E-state index in [2.05, 4.69) is 33.0 Å². The maximum Gasteiger partial charge on any atom is 0.462 e. The van der Waals surface area contributed by atoms with E-state index in [9.17, 15) is 0 Å². The van der Waals surface area contributed by atoms with Gasteiger partial charge in [0.05, 0.1) is 11.2 Å². The highest BCUT2D eigenvalue weighted by Crippen LogP contribution is 2.49. The van der Waals surface area contributed by atoms with Crippen molar-refractivity contribution in [2.24, 2.45) is 11.8 Å². The normalized spacial score (nSPS) is 37.7. The first-order valence-corrected chi connectivity index (χ1v) is 6.97. The van der Waals surface area contributed by atoms with Crippen molar-refractivity contribution in [3.8, 4) is 0 Å². The minimum Gasteiger partial charge on any atom is -0.403 e. The summed E-state index contributed by atoms with van der Waals surface area (Å²) in [5.74, 6) is 2.24. The Labute approximate surface area is 117 Å². The Morgan fingerprint density at radius 1 is 1.00 bits per heavy atom. The zero-order chi connectivity index (χ0) is 12.3. The quantitative estimate of drug-likeness (QED) is 0.784. The molecule has 3 rings (SSSR count). The first kappa shape index (κ1) is 14.6. The Hall–Kier alpha value is 0.235. The molecule has 2 saturated heterocycles. The van der Waals surface area contributed by atoms with E-state index in [4.69, 9.17) is 9.31 Å². The van der Waals surface area contributed by atoms with Crippen molar-refractivity contribution in [3.63, 3.8) is 0 Å². The summed E-state index contributed by atoms with van der Waals surface area (Å²) in [7, 11) is -0.0133. The van der Waals surface area contributed by atoms with Gasteiger partial charge in [-0.3, -0.25) is 0 Å². The third kappa shape index (κ3) is 2.33. The van der Waals surface area contributed by atoms with E-state index in [-0.39, 0.29) is 30.7 Å². The summed E-state index contributed by atoms with van der Waals surface area (Å²) in [6.07, 6.45) is 2.81. The summed E-state index contributed by atoms with van der Waals surface area (Å²) < 4.78 is 12.4. The van der Waals surface area contributed by atoms with E-state index >= 15 is 0 Å². The van der Waals surface area contributed by atoms with Gasteiger partial charge < -0.3 is 14.6 Å². The van der Waals surface area contributed by atoms with Gasteiger partial charge in [-0.15, -0.1) is 12.4 Å². The molecule has 18 heavy (non-hydrogen) atoms. The summed E-state index contributed by atoms with van der Waals surface area (Å²) in [5, 5.41) is 3.52. The van der Waals surface area contributed by atoms with Gasteiger partial charge in [0.15, 0.2) is 0 Å². The maximum absolute atomic E-state index is 6.19. The van der Waals surface area contributed by atoms with Crippen molar-refractivity contribution in [2.75, 3.05) is 13.1 Å². The lowest BCUT2D eigenvalue weighted by Crippen LogP contribution is -2.41. The van der Waals surface area contributed by atoms with Crippen LogP contribution in [0.2, 0.25) is 5.82 Å². The van der Waals surface area contributed by atoms with Crippen LogP contribution in [0.5, 0.6) is 0 Å². The predicted molar refractivity (Wildman–Crippen MR) is 76.2 cm³/mol. The first-order chi connectivity index (χ1) is 7.91. The number of hydrogen-bond acceptors (Lipinski definition) is 3. The van der Waals surface area contributed by atoms with E-state index in [1.54, 1.807) is 0 Å². The number of rotatable bonds is 2. The van der Waals surface area contributed by atoms with Crippen molar-refractivity contribution in [1.82, 2.24) is 5.32 Å². The van der Waals surface area contributed by atoms with Gasteiger partial charge in [0.25, 0.3) is 0 Å². The minimum atomic E-state index is -0.186. The molecule has 0 aromatic carbocycles. The van der Waals surface area contributed by atoms with Crippen molar-refractivity contribution >= 4 is 19.5 Å². The van der Waals surface area contributed by atoms with Gasteiger partial charge >= 0.3 is 7.12 Å². The molecule has 2 unspecified atom stereocenters. The maximum atomic E-state index is 6.19. The molecule has 3 fully saturated rings. The fourth-order valence-corrected chi connectivity index (χ4v) is 3.12. The lowest BCUT2D eigenvalue weighted by atomic mass is 9.65. The van der Waals surface area contributed by atoms with Gasteiger partial charge in [0.1, 0.15) is 0 Å². The molecule has 0 aromatic rings.